The zero-order valence-electron chi connectivity index (χ0n) is 33.1. The van der Waals surface area contributed by atoms with E-state index in [0.717, 1.165) is 21.8 Å². The molecule has 2 aromatic heterocycles. The van der Waals surface area contributed by atoms with Gasteiger partial charge in [0.15, 0.2) is 0 Å². The smallest absolute Gasteiger partial charge is 0.0573 e. The van der Waals surface area contributed by atoms with Gasteiger partial charge in [-0.25, -0.2) is 0 Å². The molecule has 0 saturated heterocycles. The summed E-state index contributed by atoms with van der Waals surface area (Å²) in [5.74, 6) is 0. The molecule has 56 heavy (non-hydrogen) atoms. The lowest BCUT2D eigenvalue weighted by Crippen LogP contribution is -1.98. The van der Waals surface area contributed by atoms with Crippen molar-refractivity contribution in [3.63, 3.8) is 0 Å². The molecule has 2 heterocycles. The maximum Gasteiger partial charge on any atom is 0.0573 e. The van der Waals surface area contributed by atoms with Crippen molar-refractivity contribution >= 4 is 75.5 Å². The number of para-hydroxylation sites is 2. The summed E-state index contributed by atoms with van der Waals surface area (Å²) < 4.78 is 7.23. The number of rotatable bonds is 17. The average Bonchev–Trinajstić information content (AvgIpc) is 3.73. The van der Waals surface area contributed by atoms with Gasteiger partial charge in [-0.1, -0.05) is 171 Å². The van der Waals surface area contributed by atoms with Crippen LogP contribution in [0.5, 0.6) is 0 Å². The maximum atomic E-state index is 3.76. The van der Waals surface area contributed by atoms with Crippen LogP contribution >= 0.6 is 31.9 Å². The van der Waals surface area contributed by atoms with Crippen LogP contribution in [0.25, 0.3) is 66.1 Å². The number of hydrogen-bond acceptors (Lipinski definition) is 0. The van der Waals surface area contributed by atoms with Gasteiger partial charge in [0.05, 0.1) is 22.1 Å². The van der Waals surface area contributed by atoms with Crippen LogP contribution in [0, 0.1) is 0 Å². The van der Waals surface area contributed by atoms with Gasteiger partial charge in [-0.15, -0.1) is 0 Å². The molecule has 4 heteroatoms. The minimum atomic E-state index is 1.11. The van der Waals surface area contributed by atoms with Crippen LogP contribution in [-0.4, -0.2) is 9.13 Å². The lowest BCUT2D eigenvalue weighted by Gasteiger charge is -2.14. The molecule has 8 rings (SSSR count). The number of aryl methyl sites for hydroxylation is 2. The first-order valence-corrected chi connectivity index (χ1v) is 22.8. The van der Waals surface area contributed by atoms with Gasteiger partial charge in [-0.2, -0.15) is 0 Å². The molecular weight excluding hydrogens is 812 g/mol. The third-order valence-corrected chi connectivity index (χ3v) is 12.8. The second-order valence-corrected chi connectivity index (χ2v) is 17.6. The standard InChI is InChI=1S/C52H54Br2N2/c1-3-5-7-9-11-13-17-39-19-15-21-45-47-35-41(53)27-33-49(47)55(51(39)45)43-29-23-37(24-30-43)38-25-31-44(32-26-38)56-50-34-28-42(54)36-48(50)46-22-16-20-40(52(46)56)18-14-12-10-8-6-4-2/h15-16,19-36H,3-14,17-18H2,1-2H3. The van der Waals surface area contributed by atoms with Crippen molar-refractivity contribution < 1.29 is 0 Å². The average molecular weight is 867 g/mol. The normalized spacial score (nSPS) is 11.9. The summed E-state index contributed by atoms with van der Waals surface area (Å²) >= 11 is 7.53. The van der Waals surface area contributed by atoms with Crippen LogP contribution in [0.2, 0.25) is 0 Å². The van der Waals surface area contributed by atoms with Crippen LogP contribution in [-0.2, 0) is 12.8 Å². The van der Waals surface area contributed by atoms with Crippen molar-refractivity contribution in [2.24, 2.45) is 0 Å². The van der Waals surface area contributed by atoms with E-state index in [1.165, 1.54) is 154 Å². The minimum absolute atomic E-state index is 1.11. The summed E-state index contributed by atoms with van der Waals surface area (Å²) in [5.41, 5.74) is 13.0. The molecule has 0 N–H and O–H groups in total. The van der Waals surface area contributed by atoms with E-state index < -0.39 is 0 Å². The van der Waals surface area contributed by atoms with Crippen LogP contribution < -0.4 is 0 Å². The van der Waals surface area contributed by atoms with Crippen molar-refractivity contribution in [3.8, 4) is 22.5 Å². The van der Waals surface area contributed by atoms with Gasteiger partial charge >= 0.3 is 0 Å². The Morgan fingerprint density at radius 1 is 0.393 bits per heavy atom. The quantitative estimate of drug-likeness (QED) is 0.0807. The van der Waals surface area contributed by atoms with Crippen molar-refractivity contribution in [3.05, 3.63) is 141 Å². The molecule has 286 valence electrons. The van der Waals surface area contributed by atoms with Gasteiger partial charge < -0.3 is 9.13 Å². The van der Waals surface area contributed by atoms with E-state index in [4.69, 9.17) is 0 Å². The van der Waals surface area contributed by atoms with Gasteiger partial charge in [0.2, 0.25) is 0 Å². The highest BCUT2D eigenvalue weighted by Gasteiger charge is 2.18. The van der Waals surface area contributed by atoms with Crippen molar-refractivity contribution in [1.29, 1.82) is 0 Å². The van der Waals surface area contributed by atoms with Crippen molar-refractivity contribution in [2.45, 2.75) is 104 Å². The Morgan fingerprint density at radius 2 is 0.786 bits per heavy atom. The number of nitrogens with zero attached hydrogens (tertiary/aromatic N) is 2. The van der Waals surface area contributed by atoms with Crippen LogP contribution in [0.15, 0.2) is 130 Å². The Labute approximate surface area is 350 Å². The monoisotopic (exact) mass is 864 g/mol. The predicted octanol–water partition coefficient (Wildman–Crippen LogP) is 16.9. The highest BCUT2D eigenvalue weighted by Crippen LogP contribution is 2.39. The topological polar surface area (TPSA) is 9.86 Å². The first kappa shape index (κ1) is 38.7. The summed E-state index contributed by atoms with van der Waals surface area (Å²) in [6.45, 7) is 4.58. The van der Waals surface area contributed by atoms with Gasteiger partial charge in [-0.05, 0) is 109 Å². The first-order chi connectivity index (χ1) is 27.6. The molecule has 0 aliphatic carbocycles. The Morgan fingerprint density at radius 3 is 1.20 bits per heavy atom. The van der Waals surface area contributed by atoms with Gasteiger partial charge in [0.25, 0.3) is 0 Å². The highest BCUT2D eigenvalue weighted by atomic mass is 79.9. The van der Waals surface area contributed by atoms with Gasteiger partial charge in [0, 0.05) is 41.9 Å². The summed E-state index contributed by atoms with van der Waals surface area (Å²) in [7, 11) is 0. The fourth-order valence-corrected chi connectivity index (χ4v) is 9.68. The number of hydrogen-bond donors (Lipinski definition) is 0. The number of unbranched alkanes of at least 4 members (excludes halogenated alkanes) is 10. The molecule has 0 fully saturated rings. The maximum absolute atomic E-state index is 3.76. The minimum Gasteiger partial charge on any atom is -0.309 e. The zero-order valence-corrected chi connectivity index (χ0v) is 36.3. The third-order valence-electron chi connectivity index (χ3n) is 11.8. The van der Waals surface area contributed by atoms with E-state index in [0.29, 0.717) is 0 Å². The summed E-state index contributed by atoms with van der Waals surface area (Å²) in [6, 6.07) is 45.7. The molecule has 0 unspecified atom stereocenters. The molecule has 0 spiro atoms. The Hall–Kier alpha value is -4.12. The van der Waals surface area contributed by atoms with Gasteiger partial charge in [0.1, 0.15) is 0 Å². The lowest BCUT2D eigenvalue weighted by atomic mass is 10.0. The highest BCUT2D eigenvalue weighted by molar-refractivity contribution is 9.10. The fraction of sp³-hybridized carbons (Fsp3) is 0.308. The summed E-state index contributed by atoms with van der Waals surface area (Å²) in [6.07, 6.45) is 17.9. The second-order valence-electron chi connectivity index (χ2n) is 15.7. The summed E-state index contributed by atoms with van der Waals surface area (Å²) in [5, 5.41) is 5.26. The second kappa shape index (κ2) is 18.0. The third kappa shape index (κ3) is 8.02. The van der Waals surface area contributed by atoms with Crippen molar-refractivity contribution in [1.82, 2.24) is 9.13 Å². The molecule has 0 aliphatic heterocycles. The number of aromatic nitrogens is 2. The number of fused-ring (bicyclic) bond motifs is 6. The molecule has 0 amide bonds. The molecule has 0 bridgehead atoms. The zero-order chi connectivity index (χ0) is 38.4. The lowest BCUT2D eigenvalue weighted by molar-refractivity contribution is 0.608. The molecule has 0 atom stereocenters. The Kier molecular flexibility index (Phi) is 12.4. The van der Waals surface area contributed by atoms with Crippen molar-refractivity contribution in [2.75, 3.05) is 0 Å². The van der Waals surface area contributed by atoms with E-state index in [2.05, 4.69) is 176 Å². The molecular formula is C52H54Br2N2. The molecule has 8 aromatic rings. The van der Waals surface area contributed by atoms with Gasteiger partial charge in [-0.3, -0.25) is 0 Å². The van der Waals surface area contributed by atoms with Crippen LogP contribution in [0.3, 0.4) is 0 Å². The van der Waals surface area contributed by atoms with Crippen LogP contribution in [0.1, 0.15) is 102 Å². The van der Waals surface area contributed by atoms with E-state index in [1.54, 1.807) is 0 Å². The first-order valence-electron chi connectivity index (χ1n) is 21.2. The van der Waals surface area contributed by atoms with E-state index in [9.17, 15) is 0 Å². The Bertz CT molecular complexity index is 2390. The van der Waals surface area contributed by atoms with E-state index in [-0.39, 0.29) is 0 Å². The Balaban J connectivity index is 1.11. The number of benzene rings is 6. The largest absolute Gasteiger partial charge is 0.309 e. The van der Waals surface area contributed by atoms with E-state index in [1.807, 2.05) is 0 Å². The van der Waals surface area contributed by atoms with Crippen LogP contribution in [0.4, 0.5) is 0 Å². The molecule has 0 saturated carbocycles. The molecule has 0 aliphatic rings. The predicted molar refractivity (Wildman–Crippen MR) is 250 cm³/mol. The van der Waals surface area contributed by atoms with E-state index >= 15 is 0 Å². The fourth-order valence-electron chi connectivity index (χ4n) is 8.96. The molecule has 6 aromatic carbocycles. The number of halogens is 2. The molecule has 0 radical (unpaired) electrons. The molecule has 2 nitrogen and oxygen atoms in total. The summed E-state index contributed by atoms with van der Waals surface area (Å²) in [4.78, 5) is 0. The SMILES string of the molecule is CCCCCCCCc1cccc2c3cc(Br)ccc3n(-c3ccc(-c4ccc(-n5c6ccc(Br)cc6c6cccc(CCCCCCCC)c65)cc4)cc3)c12.